The van der Waals surface area contributed by atoms with Crippen molar-refractivity contribution in [2.75, 3.05) is 0 Å². The first-order valence-corrected chi connectivity index (χ1v) is 16.3. The zero-order valence-electron chi connectivity index (χ0n) is 22.9. The van der Waals surface area contributed by atoms with Crippen LogP contribution in [0.25, 0.3) is 0 Å². The highest BCUT2D eigenvalue weighted by atomic mass is 127. The Balaban J connectivity index is 0.00000324. The third-order valence-electron chi connectivity index (χ3n) is 10.8. The van der Waals surface area contributed by atoms with Crippen LogP contribution in [0.15, 0.2) is 0 Å². The molecule has 0 heterocycles. The molecule has 4 saturated carbocycles. The molecule has 0 N–H and O–H groups in total. The molecule has 2 heteroatoms. The largest absolute Gasteiger partial charge is 1.00 e. The molecule has 34 heavy (non-hydrogen) atoms. The van der Waals surface area contributed by atoms with Gasteiger partial charge in [-0.15, -0.1) is 0 Å². The monoisotopic (exact) mass is 585 g/mol. The minimum atomic E-state index is 0. The Morgan fingerprint density at radius 2 is 0.382 bits per heavy atom. The van der Waals surface area contributed by atoms with Gasteiger partial charge in [0.15, 0.2) is 0 Å². The minimum Gasteiger partial charge on any atom is -1.00 e. The van der Waals surface area contributed by atoms with Gasteiger partial charge < -0.3 is 28.5 Å². The first-order valence-electron chi connectivity index (χ1n) is 16.3. The lowest BCUT2D eigenvalue weighted by atomic mass is 9.78. The molecule has 4 aliphatic carbocycles. The van der Waals surface area contributed by atoms with E-state index in [1.165, 1.54) is 128 Å². The molecule has 0 saturated heterocycles. The molecule has 0 aromatic carbocycles. The molecule has 0 bridgehead atoms. The van der Waals surface area contributed by atoms with Crippen molar-refractivity contribution < 1.29 is 28.5 Å². The maximum Gasteiger partial charge on any atom is 0.0896 e. The van der Waals surface area contributed by atoms with Gasteiger partial charge in [0, 0.05) is 0 Å². The molecule has 0 aliphatic heterocycles. The number of nitrogens with zero attached hydrogens (tertiary/aromatic N) is 1. The van der Waals surface area contributed by atoms with E-state index in [9.17, 15) is 0 Å². The molecule has 0 aromatic heterocycles. The lowest BCUT2D eigenvalue weighted by Crippen LogP contribution is -3.00. The number of halogens is 1. The van der Waals surface area contributed by atoms with Crippen molar-refractivity contribution in [1.82, 2.24) is 0 Å². The third kappa shape index (κ3) is 7.84. The van der Waals surface area contributed by atoms with Gasteiger partial charge in [-0.25, -0.2) is 0 Å². The lowest BCUT2D eigenvalue weighted by Gasteiger charge is -2.60. The Morgan fingerprint density at radius 3 is 0.559 bits per heavy atom. The van der Waals surface area contributed by atoms with E-state index in [1.54, 1.807) is 55.8 Å². The Bertz CT molecular complexity index is 394. The summed E-state index contributed by atoms with van der Waals surface area (Å²) in [6.07, 6.45) is 43.2. The Hall–Kier alpha value is 0.690. The van der Waals surface area contributed by atoms with Crippen molar-refractivity contribution in [2.24, 2.45) is 0 Å². The molecule has 0 unspecified atom stereocenters. The van der Waals surface area contributed by atoms with E-state index in [2.05, 4.69) is 0 Å². The Morgan fingerprint density at radius 1 is 0.235 bits per heavy atom. The summed E-state index contributed by atoms with van der Waals surface area (Å²) in [4.78, 5) is 0. The molecular weight excluding hydrogens is 525 g/mol. The van der Waals surface area contributed by atoms with Crippen LogP contribution in [0, 0.1) is 0 Å². The summed E-state index contributed by atoms with van der Waals surface area (Å²) in [5.74, 6) is 0. The maximum atomic E-state index is 1.67. The van der Waals surface area contributed by atoms with Gasteiger partial charge in [0.2, 0.25) is 0 Å². The highest BCUT2D eigenvalue weighted by Crippen LogP contribution is 2.46. The first kappa shape index (κ1) is 29.2. The number of quaternary nitrogens is 1. The van der Waals surface area contributed by atoms with Crippen molar-refractivity contribution in [3.05, 3.63) is 0 Å². The number of rotatable bonds is 4. The van der Waals surface area contributed by atoms with Crippen molar-refractivity contribution >= 4 is 0 Å². The maximum absolute atomic E-state index is 1.67. The predicted octanol–water partition coefficient (Wildman–Crippen LogP) is 7.26. The second kappa shape index (κ2) is 16.5. The van der Waals surface area contributed by atoms with Crippen molar-refractivity contribution in [2.45, 2.75) is 204 Å². The van der Waals surface area contributed by atoms with E-state index in [-0.39, 0.29) is 24.0 Å². The Kier molecular flexibility index (Phi) is 14.2. The summed E-state index contributed by atoms with van der Waals surface area (Å²) >= 11 is 0. The molecule has 4 aliphatic rings. The van der Waals surface area contributed by atoms with E-state index < -0.39 is 0 Å². The van der Waals surface area contributed by atoms with Gasteiger partial charge in [-0.3, -0.25) is 0 Å². The molecule has 0 spiro atoms. The van der Waals surface area contributed by atoms with Gasteiger partial charge in [0.25, 0.3) is 0 Å². The van der Waals surface area contributed by atoms with Crippen LogP contribution in [0.3, 0.4) is 0 Å². The average molecular weight is 586 g/mol. The summed E-state index contributed by atoms with van der Waals surface area (Å²) < 4.78 is 1.67. The standard InChI is InChI=1S/C32H60N.HI/c1-5-13-21-29(22-14-6-1)33(30-23-15-7-2-8-16-24-30,31-25-17-9-3-10-18-26-31)32-27-19-11-4-12-20-28-32;/h29-32H,1-28H2;1H/q+1;/p-1. The topological polar surface area (TPSA) is 0 Å². The fourth-order valence-electron chi connectivity index (χ4n) is 9.32. The summed E-state index contributed by atoms with van der Waals surface area (Å²) in [7, 11) is 0. The van der Waals surface area contributed by atoms with Gasteiger partial charge in [-0.05, 0) is 103 Å². The Labute approximate surface area is 231 Å². The van der Waals surface area contributed by atoms with Crippen molar-refractivity contribution in [3.8, 4) is 0 Å². The molecule has 1 nitrogen and oxygen atoms in total. The number of hydrogen-bond acceptors (Lipinski definition) is 0. The predicted molar refractivity (Wildman–Crippen MR) is 145 cm³/mol. The molecule has 0 radical (unpaired) electrons. The second-order valence-electron chi connectivity index (χ2n) is 12.9. The van der Waals surface area contributed by atoms with Crippen LogP contribution in [-0.4, -0.2) is 28.7 Å². The van der Waals surface area contributed by atoms with Crippen LogP contribution >= 0.6 is 0 Å². The van der Waals surface area contributed by atoms with E-state index >= 15 is 0 Å². The van der Waals surface area contributed by atoms with E-state index in [4.69, 9.17) is 0 Å². The van der Waals surface area contributed by atoms with E-state index in [0.29, 0.717) is 0 Å². The molecule has 200 valence electrons. The van der Waals surface area contributed by atoms with Gasteiger partial charge >= 0.3 is 0 Å². The summed E-state index contributed by atoms with van der Waals surface area (Å²) in [6.45, 7) is 0. The van der Waals surface area contributed by atoms with Crippen LogP contribution in [0.4, 0.5) is 0 Å². The average Bonchev–Trinajstić information content (AvgIpc) is 2.71. The fourth-order valence-corrected chi connectivity index (χ4v) is 9.32. The molecule has 0 amide bonds. The fraction of sp³-hybridized carbons (Fsp3) is 1.00. The quantitative estimate of drug-likeness (QED) is 0.241. The van der Waals surface area contributed by atoms with Crippen LogP contribution < -0.4 is 24.0 Å². The smallest absolute Gasteiger partial charge is 0.0896 e. The normalized spacial score (nSPS) is 27.5. The lowest BCUT2D eigenvalue weighted by molar-refractivity contribution is -1.02. The van der Waals surface area contributed by atoms with Crippen molar-refractivity contribution in [1.29, 1.82) is 0 Å². The molecule has 4 rings (SSSR count). The van der Waals surface area contributed by atoms with Gasteiger partial charge in [0.05, 0.1) is 24.2 Å². The molecule has 0 atom stereocenters. The van der Waals surface area contributed by atoms with E-state index in [0.717, 1.165) is 24.2 Å². The summed E-state index contributed by atoms with van der Waals surface area (Å²) in [5.41, 5.74) is 0. The number of hydrogen-bond donors (Lipinski definition) is 0. The van der Waals surface area contributed by atoms with Gasteiger partial charge in [-0.1, -0.05) is 77.0 Å². The third-order valence-corrected chi connectivity index (χ3v) is 10.8. The highest BCUT2D eigenvalue weighted by Gasteiger charge is 2.52. The highest BCUT2D eigenvalue weighted by molar-refractivity contribution is 4.83. The first-order chi connectivity index (χ1) is 16.4. The summed E-state index contributed by atoms with van der Waals surface area (Å²) in [6, 6.07) is 4.01. The van der Waals surface area contributed by atoms with Crippen LogP contribution in [0.2, 0.25) is 0 Å². The van der Waals surface area contributed by atoms with Crippen molar-refractivity contribution in [3.63, 3.8) is 0 Å². The molecule has 4 fully saturated rings. The van der Waals surface area contributed by atoms with Crippen LogP contribution in [0.1, 0.15) is 180 Å². The minimum absolute atomic E-state index is 0. The van der Waals surface area contributed by atoms with Gasteiger partial charge in [0.1, 0.15) is 0 Å². The van der Waals surface area contributed by atoms with Gasteiger partial charge in [-0.2, -0.15) is 0 Å². The summed E-state index contributed by atoms with van der Waals surface area (Å²) in [5, 5.41) is 0. The van der Waals surface area contributed by atoms with Crippen LogP contribution in [-0.2, 0) is 0 Å². The zero-order valence-corrected chi connectivity index (χ0v) is 25.1. The van der Waals surface area contributed by atoms with Crippen LogP contribution in [0.5, 0.6) is 0 Å². The SMILES string of the molecule is C1CCCC([N+](C2CCCCCCC2)(C2CCCCCCC2)C2CCCCCCC2)CCC1.[I-]. The zero-order chi connectivity index (χ0) is 22.6. The van der Waals surface area contributed by atoms with E-state index in [1.807, 2.05) is 0 Å². The second-order valence-corrected chi connectivity index (χ2v) is 12.9. The molecular formula is C32H60IN. The molecule has 0 aromatic rings.